The van der Waals surface area contributed by atoms with E-state index in [1.807, 2.05) is 0 Å². The van der Waals surface area contributed by atoms with Gasteiger partial charge in [-0.25, -0.2) is 22.9 Å². The summed E-state index contributed by atoms with van der Waals surface area (Å²) in [4.78, 5) is 30.3. The summed E-state index contributed by atoms with van der Waals surface area (Å²) < 4.78 is 86.7. The fraction of sp³-hybridized carbons (Fsp3) is 0.522. The van der Waals surface area contributed by atoms with E-state index in [1.54, 1.807) is 0 Å². The molecule has 1 aliphatic carbocycles. The van der Waals surface area contributed by atoms with Gasteiger partial charge >= 0.3 is 11.9 Å². The van der Waals surface area contributed by atoms with Gasteiger partial charge in [-0.3, -0.25) is 13.9 Å². The first-order valence-electron chi connectivity index (χ1n) is 11.4. The third-order valence-electron chi connectivity index (χ3n) is 6.76. The Bertz CT molecular complexity index is 1400. The number of halogens is 6. The summed E-state index contributed by atoms with van der Waals surface area (Å²) in [6.45, 7) is -0.940. The summed E-state index contributed by atoms with van der Waals surface area (Å²) in [5.41, 5.74) is -4.59. The lowest BCUT2D eigenvalue weighted by Crippen LogP contribution is -2.40. The molecule has 0 spiro atoms. The molecule has 0 saturated heterocycles. The molecule has 0 bridgehead atoms. The first-order chi connectivity index (χ1) is 16.9. The lowest BCUT2D eigenvalue weighted by Gasteiger charge is -2.34. The summed E-state index contributed by atoms with van der Waals surface area (Å²) in [6, 6.07) is 2.70. The first-order valence-corrected chi connectivity index (χ1v) is 11.4. The van der Waals surface area contributed by atoms with E-state index in [2.05, 4.69) is 4.98 Å². The van der Waals surface area contributed by atoms with E-state index in [0.717, 1.165) is 25.8 Å². The SMILES string of the molecule is Cn1c(=O)n(CCCO)c(=O)c2c1nc(C1(F)CCC(C(F)(F)F)CC1)n2Cc1ccc(F)cc1F. The lowest BCUT2D eigenvalue weighted by atomic mass is 9.79. The zero-order valence-electron chi connectivity index (χ0n) is 19.3. The number of hydrogen-bond acceptors (Lipinski definition) is 4. The number of rotatable bonds is 6. The molecule has 3 aromatic rings. The molecular formula is C23H24F6N4O3. The molecule has 2 aromatic heterocycles. The topological polar surface area (TPSA) is 82.0 Å². The second-order valence-electron chi connectivity index (χ2n) is 9.09. The first kappa shape index (κ1) is 26.0. The van der Waals surface area contributed by atoms with Gasteiger partial charge in [-0.15, -0.1) is 0 Å². The average molecular weight is 518 g/mol. The molecule has 36 heavy (non-hydrogen) atoms. The molecule has 13 heteroatoms. The van der Waals surface area contributed by atoms with Crippen LogP contribution in [0.5, 0.6) is 0 Å². The zero-order chi connectivity index (χ0) is 26.4. The van der Waals surface area contributed by atoms with Crippen molar-refractivity contribution in [1.29, 1.82) is 0 Å². The maximum absolute atomic E-state index is 16.3. The molecule has 196 valence electrons. The third kappa shape index (κ3) is 4.56. The predicted octanol–water partition coefficient (Wildman–Crippen LogP) is 3.52. The van der Waals surface area contributed by atoms with Crippen LogP contribution in [0, 0.1) is 17.6 Å². The molecule has 1 fully saturated rings. The van der Waals surface area contributed by atoms with E-state index in [9.17, 15) is 31.5 Å². The van der Waals surface area contributed by atoms with Crippen LogP contribution in [0.1, 0.15) is 43.5 Å². The Morgan fingerprint density at radius 2 is 1.81 bits per heavy atom. The summed E-state index contributed by atoms with van der Waals surface area (Å²) in [6.07, 6.45) is -6.51. The largest absolute Gasteiger partial charge is 0.396 e. The van der Waals surface area contributed by atoms with Crippen molar-refractivity contribution in [3.8, 4) is 0 Å². The Balaban J connectivity index is 1.93. The van der Waals surface area contributed by atoms with Gasteiger partial charge < -0.3 is 9.67 Å². The molecule has 0 aliphatic heterocycles. The van der Waals surface area contributed by atoms with Crippen molar-refractivity contribution in [3.05, 3.63) is 62.1 Å². The van der Waals surface area contributed by atoms with Crippen LogP contribution in [0.3, 0.4) is 0 Å². The Kier molecular flexibility index (Phi) is 6.80. The molecule has 4 rings (SSSR count). The van der Waals surface area contributed by atoms with Gasteiger partial charge in [0.25, 0.3) is 5.56 Å². The normalized spacial score (nSPS) is 20.8. The Labute approximate surface area is 200 Å². The number of hydrogen-bond donors (Lipinski definition) is 1. The van der Waals surface area contributed by atoms with Gasteiger partial charge in [0.2, 0.25) is 0 Å². The highest BCUT2D eigenvalue weighted by Crippen LogP contribution is 2.47. The van der Waals surface area contributed by atoms with E-state index in [1.165, 1.54) is 7.05 Å². The van der Waals surface area contributed by atoms with Crippen LogP contribution in [-0.2, 0) is 25.8 Å². The van der Waals surface area contributed by atoms with Crippen molar-refractivity contribution >= 4 is 11.2 Å². The quantitative estimate of drug-likeness (QED) is 0.507. The number of nitrogens with zero attached hydrogens (tertiary/aromatic N) is 4. The summed E-state index contributed by atoms with van der Waals surface area (Å²) in [7, 11) is 1.30. The maximum atomic E-state index is 16.3. The van der Waals surface area contributed by atoms with Crippen LogP contribution in [0.4, 0.5) is 26.3 Å². The highest BCUT2D eigenvalue weighted by Gasteiger charge is 2.49. The molecule has 1 N–H and O–H groups in total. The Hall–Kier alpha value is -3.09. The van der Waals surface area contributed by atoms with E-state index in [4.69, 9.17) is 5.11 Å². The number of alkyl halides is 4. The van der Waals surface area contributed by atoms with Crippen LogP contribution in [0.2, 0.25) is 0 Å². The molecule has 7 nitrogen and oxygen atoms in total. The van der Waals surface area contributed by atoms with Crippen LogP contribution < -0.4 is 11.2 Å². The van der Waals surface area contributed by atoms with Gasteiger partial charge in [0.15, 0.2) is 16.8 Å². The predicted molar refractivity (Wildman–Crippen MR) is 117 cm³/mol. The van der Waals surface area contributed by atoms with Crippen molar-refractivity contribution in [2.24, 2.45) is 13.0 Å². The van der Waals surface area contributed by atoms with Gasteiger partial charge in [0.1, 0.15) is 17.5 Å². The van der Waals surface area contributed by atoms with Crippen LogP contribution in [0.15, 0.2) is 27.8 Å². The van der Waals surface area contributed by atoms with Gasteiger partial charge in [0.05, 0.1) is 12.5 Å². The van der Waals surface area contributed by atoms with E-state index in [0.29, 0.717) is 6.07 Å². The van der Waals surface area contributed by atoms with Gasteiger partial charge in [-0.05, 0) is 38.2 Å². The molecule has 1 saturated carbocycles. The van der Waals surface area contributed by atoms with Gasteiger partial charge in [0, 0.05) is 31.8 Å². The van der Waals surface area contributed by atoms with Gasteiger partial charge in [-0.2, -0.15) is 13.2 Å². The molecule has 0 unspecified atom stereocenters. The number of aryl methyl sites for hydroxylation is 1. The zero-order valence-corrected chi connectivity index (χ0v) is 19.3. The lowest BCUT2D eigenvalue weighted by molar-refractivity contribution is -0.189. The second-order valence-corrected chi connectivity index (χ2v) is 9.09. The second kappa shape index (κ2) is 9.41. The number of aliphatic hydroxyl groups excluding tert-OH is 1. The summed E-state index contributed by atoms with van der Waals surface area (Å²) >= 11 is 0. The van der Waals surface area contributed by atoms with Gasteiger partial charge in [-0.1, -0.05) is 6.07 Å². The highest BCUT2D eigenvalue weighted by atomic mass is 19.4. The van der Waals surface area contributed by atoms with E-state index >= 15 is 4.39 Å². The minimum atomic E-state index is -4.48. The molecule has 1 aromatic carbocycles. The van der Waals surface area contributed by atoms with Crippen LogP contribution >= 0.6 is 0 Å². The molecule has 0 atom stereocenters. The molecule has 0 radical (unpaired) electrons. The highest BCUT2D eigenvalue weighted by molar-refractivity contribution is 5.71. The smallest absolute Gasteiger partial charge is 0.391 e. The maximum Gasteiger partial charge on any atom is 0.391 e. The monoisotopic (exact) mass is 518 g/mol. The molecular weight excluding hydrogens is 494 g/mol. The average Bonchev–Trinajstić information content (AvgIpc) is 3.19. The Morgan fingerprint density at radius 1 is 1.14 bits per heavy atom. The van der Waals surface area contributed by atoms with Crippen LogP contribution in [0.25, 0.3) is 11.2 Å². The summed E-state index contributed by atoms with van der Waals surface area (Å²) in [5, 5.41) is 9.14. The Morgan fingerprint density at radius 3 is 2.39 bits per heavy atom. The van der Waals surface area contributed by atoms with Crippen molar-refractivity contribution < 1.29 is 31.4 Å². The van der Waals surface area contributed by atoms with Crippen molar-refractivity contribution in [2.75, 3.05) is 6.61 Å². The van der Waals surface area contributed by atoms with Crippen molar-refractivity contribution in [2.45, 2.75) is 57.0 Å². The van der Waals surface area contributed by atoms with E-state index < -0.39 is 78.7 Å². The minimum Gasteiger partial charge on any atom is -0.396 e. The number of aliphatic hydroxyl groups is 1. The standard InChI is InChI=1S/C23H24F6N4O3/c1-31-18-17(19(35)32(21(31)36)9-2-10-34)33(12-13-3-4-15(24)11-16(13)25)20(30-18)22(26)7-5-14(6-8-22)23(27,28)29/h3-4,11,14,34H,2,5-10,12H2,1H3. The van der Waals surface area contributed by atoms with Crippen molar-refractivity contribution in [3.63, 3.8) is 0 Å². The fourth-order valence-corrected chi connectivity index (χ4v) is 4.74. The molecule has 0 amide bonds. The van der Waals surface area contributed by atoms with Crippen molar-refractivity contribution in [1.82, 2.24) is 18.7 Å². The third-order valence-corrected chi connectivity index (χ3v) is 6.76. The number of imidazole rings is 1. The number of fused-ring (bicyclic) bond motifs is 1. The molecule has 1 aliphatic rings. The number of benzene rings is 1. The number of aromatic nitrogens is 4. The summed E-state index contributed by atoms with van der Waals surface area (Å²) in [5.74, 6) is -3.90. The molecule has 2 heterocycles. The fourth-order valence-electron chi connectivity index (χ4n) is 4.74. The minimum absolute atomic E-state index is 0.0696. The van der Waals surface area contributed by atoms with Crippen LogP contribution in [-0.4, -0.2) is 36.6 Å². The van der Waals surface area contributed by atoms with E-state index in [-0.39, 0.29) is 36.3 Å².